The Bertz CT molecular complexity index is 612. The maximum atomic E-state index is 12.3. The molecule has 2 aromatic rings. The molecule has 0 aliphatic carbocycles. The SMILES string of the molecule is O=C(c1ccn[nH]1)N1CCCN(Cc2ccc(Cl)cc2)CC1. The number of aromatic nitrogens is 2. The molecular weight excluding hydrogens is 300 g/mol. The summed E-state index contributed by atoms with van der Waals surface area (Å²) in [6, 6.07) is 9.67. The lowest BCUT2D eigenvalue weighted by Crippen LogP contribution is -2.35. The third-order valence-corrected chi connectivity index (χ3v) is 4.18. The molecule has 1 amide bonds. The summed E-state index contributed by atoms with van der Waals surface area (Å²) >= 11 is 5.92. The molecule has 3 rings (SSSR count). The predicted octanol–water partition coefficient (Wildman–Crippen LogP) is 2.41. The number of amides is 1. The van der Waals surface area contributed by atoms with Gasteiger partial charge in [0.2, 0.25) is 0 Å². The molecule has 5 nitrogen and oxygen atoms in total. The first-order chi connectivity index (χ1) is 10.7. The maximum Gasteiger partial charge on any atom is 0.271 e. The first-order valence-electron chi connectivity index (χ1n) is 7.48. The molecule has 0 atom stereocenters. The van der Waals surface area contributed by atoms with E-state index in [0.29, 0.717) is 5.69 Å². The van der Waals surface area contributed by atoms with Gasteiger partial charge in [-0.2, -0.15) is 5.10 Å². The largest absolute Gasteiger partial charge is 0.336 e. The summed E-state index contributed by atoms with van der Waals surface area (Å²) in [7, 11) is 0. The smallest absolute Gasteiger partial charge is 0.271 e. The number of nitrogens with zero attached hydrogens (tertiary/aromatic N) is 3. The Morgan fingerprint density at radius 1 is 1.14 bits per heavy atom. The van der Waals surface area contributed by atoms with Gasteiger partial charge in [0.25, 0.3) is 5.91 Å². The average Bonchev–Trinajstić information content (AvgIpc) is 2.96. The number of carbonyl (C=O) groups is 1. The topological polar surface area (TPSA) is 52.2 Å². The van der Waals surface area contributed by atoms with Gasteiger partial charge in [0.05, 0.1) is 0 Å². The van der Waals surface area contributed by atoms with Crippen molar-refractivity contribution in [3.05, 3.63) is 52.8 Å². The molecule has 1 aliphatic heterocycles. The van der Waals surface area contributed by atoms with Crippen LogP contribution in [-0.4, -0.2) is 52.1 Å². The fourth-order valence-electron chi connectivity index (χ4n) is 2.73. The van der Waals surface area contributed by atoms with Gasteiger partial charge in [0, 0.05) is 43.9 Å². The van der Waals surface area contributed by atoms with Crippen LogP contribution in [0.2, 0.25) is 5.02 Å². The first-order valence-corrected chi connectivity index (χ1v) is 7.85. The van der Waals surface area contributed by atoms with Gasteiger partial charge in [-0.05, 0) is 30.2 Å². The molecule has 1 N–H and O–H groups in total. The number of carbonyl (C=O) groups excluding carboxylic acids is 1. The predicted molar refractivity (Wildman–Crippen MR) is 85.8 cm³/mol. The molecule has 1 aromatic heterocycles. The summed E-state index contributed by atoms with van der Waals surface area (Å²) in [4.78, 5) is 16.6. The normalized spacial score (nSPS) is 16.5. The molecular formula is C16H19ClN4O. The quantitative estimate of drug-likeness (QED) is 0.945. The van der Waals surface area contributed by atoms with Crippen LogP contribution >= 0.6 is 11.6 Å². The number of rotatable bonds is 3. The monoisotopic (exact) mass is 318 g/mol. The first kappa shape index (κ1) is 15.1. The van der Waals surface area contributed by atoms with Crippen LogP contribution in [0.5, 0.6) is 0 Å². The standard InChI is InChI=1S/C16H19ClN4O/c17-14-4-2-13(3-5-14)12-20-8-1-9-21(11-10-20)16(22)15-6-7-18-19-15/h2-7H,1,8-12H2,(H,18,19). The fourth-order valence-corrected chi connectivity index (χ4v) is 2.85. The number of H-pyrrole nitrogens is 1. The molecule has 1 fully saturated rings. The highest BCUT2D eigenvalue weighted by atomic mass is 35.5. The van der Waals surface area contributed by atoms with Crippen molar-refractivity contribution in [2.75, 3.05) is 26.2 Å². The second-order valence-electron chi connectivity index (χ2n) is 5.52. The van der Waals surface area contributed by atoms with Crippen LogP contribution in [-0.2, 0) is 6.54 Å². The molecule has 1 saturated heterocycles. The number of hydrogen-bond acceptors (Lipinski definition) is 3. The van der Waals surface area contributed by atoms with E-state index in [0.717, 1.165) is 44.2 Å². The lowest BCUT2D eigenvalue weighted by atomic mass is 10.2. The van der Waals surface area contributed by atoms with Crippen LogP contribution in [0.1, 0.15) is 22.5 Å². The molecule has 0 saturated carbocycles. The molecule has 1 aliphatic rings. The molecule has 0 radical (unpaired) electrons. The van der Waals surface area contributed by atoms with Crippen LogP contribution in [0.15, 0.2) is 36.5 Å². The summed E-state index contributed by atoms with van der Waals surface area (Å²) in [5.74, 6) is 0.0332. The van der Waals surface area contributed by atoms with Gasteiger partial charge in [-0.25, -0.2) is 0 Å². The van der Waals surface area contributed by atoms with Crippen LogP contribution < -0.4 is 0 Å². The maximum absolute atomic E-state index is 12.3. The highest BCUT2D eigenvalue weighted by Crippen LogP contribution is 2.13. The van der Waals surface area contributed by atoms with Gasteiger partial charge < -0.3 is 4.90 Å². The fraction of sp³-hybridized carbons (Fsp3) is 0.375. The summed E-state index contributed by atoms with van der Waals surface area (Å²) < 4.78 is 0. The molecule has 0 unspecified atom stereocenters. The minimum Gasteiger partial charge on any atom is -0.336 e. The lowest BCUT2D eigenvalue weighted by molar-refractivity contribution is 0.0755. The minimum absolute atomic E-state index is 0.0332. The zero-order valence-corrected chi connectivity index (χ0v) is 13.1. The van der Waals surface area contributed by atoms with E-state index in [4.69, 9.17) is 11.6 Å². The minimum atomic E-state index is 0.0332. The van der Waals surface area contributed by atoms with Crippen LogP contribution in [0.3, 0.4) is 0 Å². The number of halogens is 1. The molecule has 0 spiro atoms. The number of hydrogen-bond donors (Lipinski definition) is 1. The molecule has 6 heteroatoms. The Morgan fingerprint density at radius 3 is 2.68 bits per heavy atom. The lowest BCUT2D eigenvalue weighted by Gasteiger charge is -2.21. The zero-order chi connectivity index (χ0) is 15.4. The Kier molecular flexibility index (Phi) is 4.75. The summed E-state index contributed by atoms with van der Waals surface area (Å²) in [6.45, 7) is 4.29. The Balaban J connectivity index is 1.58. The molecule has 2 heterocycles. The van der Waals surface area contributed by atoms with Gasteiger partial charge >= 0.3 is 0 Å². The Hall–Kier alpha value is -1.85. The van der Waals surface area contributed by atoms with Crippen molar-refractivity contribution < 1.29 is 4.79 Å². The van der Waals surface area contributed by atoms with Crippen molar-refractivity contribution in [1.82, 2.24) is 20.0 Å². The van der Waals surface area contributed by atoms with E-state index in [9.17, 15) is 4.79 Å². The van der Waals surface area contributed by atoms with Crippen molar-refractivity contribution in [3.8, 4) is 0 Å². The van der Waals surface area contributed by atoms with Crippen molar-refractivity contribution in [3.63, 3.8) is 0 Å². The van der Waals surface area contributed by atoms with Crippen molar-refractivity contribution >= 4 is 17.5 Å². The van der Waals surface area contributed by atoms with Gasteiger partial charge in [-0.3, -0.25) is 14.8 Å². The van der Waals surface area contributed by atoms with E-state index >= 15 is 0 Å². The van der Waals surface area contributed by atoms with Gasteiger partial charge in [0.15, 0.2) is 0 Å². The van der Waals surface area contributed by atoms with Gasteiger partial charge in [-0.1, -0.05) is 23.7 Å². The van der Waals surface area contributed by atoms with Crippen LogP contribution in [0.25, 0.3) is 0 Å². The Labute approximate surface area is 134 Å². The van der Waals surface area contributed by atoms with Crippen LogP contribution in [0.4, 0.5) is 0 Å². The average molecular weight is 319 g/mol. The van der Waals surface area contributed by atoms with E-state index < -0.39 is 0 Å². The molecule has 22 heavy (non-hydrogen) atoms. The van der Waals surface area contributed by atoms with E-state index in [1.165, 1.54) is 5.56 Å². The zero-order valence-electron chi connectivity index (χ0n) is 12.3. The van der Waals surface area contributed by atoms with E-state index in [2.05, 4.69) is 27.2 Å². The third kappa shape index (κ3) is 3.67. The molecule has 116 valence electrons. The van der Waals surface area contributed by atoms with E-state index in [1.807, 2.05) is 17.0 Å². The molecule has 0 bridgehead atoms. The van der Waals surface area contributed by atoms with Crippen LogP contribution in [0, 0.1) is 0 Å². The second kappa shape index (κ2) is 6.94. The van der Waals surface area contributed by atoms with Crippen molar-refractivity contribution in [2.24, 2.45) is 0 Å². The number of benzene rings is 1. The third-order valence-electron chi connectivity index (χ3n) is 3.93. The van der Waals surface area contributed by atoms with Gasteiger partial charge in [0.1, 0.15) is 5.69 Å². The summed E-state index contributed by atoms with van der Waals surface area (Å²) in [5.41, 5.74) is 1.81. The van der Waals surface area contributed by atoms with Crippen molar-refractivity contribution in [1.29, 1.82) is 0 Å². The Morgan fingerprint density at radius 2 is 1.95 bits per heavy atom. The van der Waals surface area contributed by atoms with E-state index in [-0.39, 0.29) is 5.91 Å². The molecule has 1 aromatic carbocycles. The summed E-state index contributed by atoms with van der Waals surface area (Å²) in [6.07, 6.45) is 2.59. The number of nitrogens with one attached hydrogen (secondary N) is 1. The highest BCUT2D eigenvalue weighted by molar-refractivity contribution is 6.30. The summed E-state index contributed by atoms with van der Waals surface area (Å²) in [5, 5.41) is 7.35. The second-order valence-corrected chi connectivity index (χ2v) is 5.96. The van der Waals surface area contributed by atoms with Crippen molar-refractivity contribution in [2.45, 2.75) is 13.0 Å². The van der Waals surface area contributed by atoms with Gasteiger partial charge in [-0.15, -0.1) is 0 Å². The highest BCUT2D eigenvalue weighted by Gasteiger charge is 2.21. The number of aromatic amines is 1. The van der Waals surface area contributed by atoms with E-state index in [1.54, 1.807) is 12.3 Å².